The first-order chi connectivity index (χ1) is 12.8. The first kappa shape index (κ1) is 20.2. The molecule has 0 radical (unpaired) electrons. The second-order valence-corrected chi connectivity index (χ2v) is 8.36. The maximum absolute atomic E-state index is 12.9. The molecule has 1 amide bonds. The highest BCUT2D eigenvalue weighted by atomic mass is 16.5. The van der Waals surface area contributed by atoms with Gasteiger partial charge in [-0.05, 0) is 70.2 Å². The third-order valence-corrected chi connectivity index (χ3v) is 5.76. The van der Waals surface area contributed by atoms with E-state index < -0.39 is 0 Å². The number of hydrogen-bond acceptors (Lipinski definition) is 4. The third-order valence-electron chi connectivity index (χ3n) is 5.76. The predicted molar refractivity (Wildman–Crippen MR) is 105 cm³/mol. The van der Waals surface area contributed by atoms with Crippen LogP contribution in [0.25, 0.3) is 0 Å². The second-order valence-electron chi connectivity index (χ2n) is 8.36. The summed E-state index contributed by atoms with van der Waals surface area (Å²) in [4.78, 5) is 14.8. The number of carbonyl (C=O) groups is 1. The maximum atomic E-state index is 12.9. The Labute approximate surface area is 162 Å². The number of likely N-dealkylation sites (tertiary alicyclic amines) is 1. The highest BCUT2D eigenvalue weighted by molar-refractivity contribution is 5.94. The van der Waals surface area contributed by atoms with E-state index in [2.05, 4.69) is 6.92 Å². The fourth-order valence-electron chi connectivity index (χ4n) is 4.31. The van der Waals surface area contributed by atoms with Crippen LogP contribution in [0.1, 0.15) is 68.8 Å². The molecule has 150 valence electrons. The van der Waals surface area contributed by atoms with Gasteiger partial charge in [0, 0.05) is 25.1 Å². The van der Waals surface area contributed by atoms with Gasteiger partial charge in [-0.2, -0.15) is 0 Å². The number of nitrogens with zero attached hydrogens (tertiary/aromatic N) is 1. The van der Waals surface area contributed by atoms with Crippen molar-refractivity contribution in [2.24, 2.45) is 0 Å². The first-order valence-corrected chi connectivity index (χ1v) is 10.2. The molecule has 0 unspecified atom stereocenters. The van der Waals surface area contributed by atoms with E-state index in [1.165, 1.54) is 0 Å². The Morgan fingerprint density at radius 3 is 2.67 bits per heavy atom. The van der Waals surface area contributed by atoms with E-state index in [-0.39, 0.29) is 29.8 Å². The number of amides is 1. The summed E-state index contributed by atoms with van der Waals surface area (Å²) in [7, 11) is 0. The van der Waals surface area contributed by atoms with Gasteiger partial charge in [-0.25, -0.2) is 0 Å². The molecule has 1 aromatic rings. The number of hydrogen-bond donors (Lipinski definition) is 1. The summed E-state index contributed by atoms with van der Waals surface area (Å²) in [6.07, 6.45) is 3.87. The minimum Gasteiger partial charge on any atom is -0.491 e. The van der Waals surface area contributed by atoms with Crippen molar-refractivity contribution < 1.29 is 19.4 Å². The molecule has 0 aliphatic carbocycles. The van der Waals surface area contributed by atoms with E-state index in [9.17, 15) is 9.90 Å². The molecule has 0 saturated carbocycles. The molecule has 1 aromatic carbocycles. The predicted octanol–water partition coefficient (Wildman–Crippen LogP) is 3.71. The van der Waals surface area contributed by atoms with E-state index in [0.29, 0.717) is 25.1 Å². The summed E-state index contributed by atoms with van der Waals surface area (Å²) >= 11 is 0. The largest absolute Gasteiger partial charge is 0.491 e. The Balaban J connectivity index is 1.64. The molecular formula is C22H33NO4. The van der Waals surface area contributed by atoms with Crippen molar-refractivity contribution in [1.29, 1.82) is 0 Å². The van der Waals surface area contributed by atoms with Crippen LogP contribution in [0.5, 0.6) is 5.75 Å². The molecular weight excluding hydrogens is 342 g/mol. The van der Waals surface area contributed by atoms with Crippen molar-refractivity contribution in [3.8, 4) is 5.75 Å². The lowest BCUT2D eigenvalue weighted by molar-refractivity contribution is -0.179. The summed E-state index contributed by atoms with van der Waals surface area (Å²) in [5.41, 5.74) is 1.42. The van der Waals surface area contributed by atoms with Gasteiger partial charge < -0.3 is 19.5 Å². The van der Waals surface area contributed by atoms with Gasteiger partial charge in [0.05, 0.1) is 23.9 Å². The van der Waals surface area contributed by atoms with Crippen molar-refractivity contribution >= 4 is 5.91 Å². The SMILES string of the molecule is CC[C@H]1C[C@@H](O)CC2(CCN(C(=O)c3ccc(OC(C)C)c(C)c3)CC2)O1. The van der Waals surface area contributed by atoms with Crippen LogP contribution in [0.3, 0.4) is 0 Å². The van der Waals surface area contributed by atoms with Crippen LogP contribution in [0, 0.1) is 6.92 Å². The summed E-state index contributed by atoms with van der Waals surface area (Å²) in [5, 5.41) is 10.2. The van der Waals surface area contributed by atoms with Crippen LogP contribution in [-0.4, -0.2) is 52.9 Å². The Hall–Kier alpha value is -1.59. The molecule has 2 heterocycles. The average Bonchev–Trinajstić information content (AvgIpc) is 2.62. The highest BCUT2D eigenvalue weighted by Gasteiger charge is 2.43. The van der Waals surface area contributed by atoms with Gasteiger partial charge in [0.15, 0.2) is 0 Å². The number of aliphatic hydroxyl groups is 1. The van der Waals surface area contributed by atoms with E-state index in [1.807, 2.05) is 43.9 Å². The first-order valence-electron chi connectivity index (χ1n) is 10.2. The minimum absolute atomic E-state index is 0.0625. The number of piperidine rings is 1. The van der Waals surface area contributed by atoms with Gasteiger partial charge in [-0.3, -0.25) is 4.79 Å². The monoisotopic (exact) mass is 375 g/mol. The second kappa shape index (κ2) is 8.19. The van der Waals surface area contributed by atoms with Crippen molar-refractivity contribution in [2.75, 3.05) is 13.1 Å². The zero-order valence-corrected chi connectivity index (χ0v) is 17.0. The zero-order valence-electron chi connectivity index (χ0n) is 17.0. The Morgan fingerprint density at radius 1 is 1.37 bits per heavy atom. The van der Waals surface area contributed by atoms with Crippen molar-refractivity contribution in [3.05, 3.63) is 29.3 Å². The van der Waals surface area contributed by atoms with E-state index in [1.54, 1.807) is 0 Å². The number of rotatable bonds is 4. The van der Waals surface area contributed by atoms with Crippen molar-refractivity contribution in [3.63, 3.8) is 0 Å². The molecule has 2 saturated heterocycles. The van der Waals surface area contributed by atoms with Crippen LogP contribution in [0.4, 0.5) is 0 Å². The summed E-state index contributed by atoms with van der Waals surface area (Å²) in [6.45, 7) is 9.41. The van der Waals surface area contributed by atoms with Crippen LogP contribution < -0.4 is 4.74 Å². The van der Waals surface area contributed by atoms with Crippen molar-refractivity contribution in [1.82, 2.24) is 4.90 Å². The number of aliphatic hydroxyl groups excluding tert-OH is 1. The molecule has 27 heavy (non-hydrogen) atoms. The van der Waals surface area contributed by atoms with Gasteiger partial charge in [0.1, 0.15) is 5.75 Å². The molecule has 5 nitrogen and oxygen atoms in total. The fourth-order valence-corrected chi connectivity index (χ4v) is 4.31. The van der Waals surface area contributed by atoms with E-state index in [4.69, 9.17) is 9.47 Å². The van der Waals surface area contributed by atoms with Gasteiger partial charge >= 0.3 is 0 Å². The van der Waals surface area contributed by atoms with Gasteiger partial charge in [-0.1, -0.05) is 6.92 Å². The number of ether oxygens (including phenoxy) is 2. The number of carbonyl (C=O) groups excluding carboxylic acids is 1. The summed E-state index contributed by atoms with van der Waals surface area (Å²) in [5.74, 6) is 0.891. The maximum Gasteiger partial charge on any atom is 0.253 e. The molecule has 3 rings (SSSR count). The molecule has 2 aliphatic rings. The third kappa shape index (κ3) is 4.64. The van der Waals surface area contributed by atoms with Gasteiger partial charge in [-0.15, -0.1) is 0 Å². The molecule has 1 spiro atoms. The summed E-state index contributed by atoms with van der Waals surface area (Å²) in [6, 6.07) is 5.66. The molecule has 2 aliphatic heterocycles. The number of aryl methyl sites for hydroxylation is 1. The Morgan fingerprint density at radius 2 is 2.07 bits per heavy atom. The normalized spacial score (nSPS) is 25.0. The molecule has 0 bridgehead atoms. The lowest BCUT2D eigenvalue weighted by Gasteiger charge is -2.47. The highest BCUT2D eigenvalue weighted by Crippen LogP contribution is 2.38. The van der Waals surface area contributed by atoms with Crippen LogP contribution in [0.2, 0.25) is 0 Å². The molecule has 5 heteroatoms. The van der Waals surface area contributed by atoms with E-state index >= 15 is 0 Å². The molecule has 1 N–H and O–H groups in total. The van der Waals surface area contributed by atoms with E-state index in [0.717, 1.165) is 37.0 Å². The lowest BCUT2D eigenvalue weighted by atomic mass is 9.81. The Kier molecular flexibility index (Phi) is 6.11. The fraction of sp³-hybridized carbons (Fsp3) is 0.682. The topological polar surface area (TPSA) is 59.0 Å². The standard InChI is InChI=1S/C22H33NO4/c1-5-19-13-18(24)14-22(27-19)8-10-23(11-9-22)21(25)17-6-7-20(16(4)12-17)26-15(2)3/h6-7,12,15,18-19,24H,5,8-11,13-14H2,1-4H3/t18-,19+/m1/s1. The smallest absolute Gasteiger partial charge is 0.253 e. The zero-order chi connectivity index (χ0) is 19.6. The quantitative estimate of drug-likeness (QED) is 0.872. The Bertz CT molecular complexity index is 664. The number of benzene rings is 1. The minimum atomic E-state index is -0.290. The lowest BCUT2D eigenvalue weighted by Crippen LogP contribution is -2.53. The van der Waals surface area contributed by atoms with Crippen LogP contribution >= 0.6 is 0 Å². The average molecular weight is 376 g/mol. The molecule has 2 atom stereocenters. The van der Waals surface area contributed by atoms with Gasteiger partial charge in [0.25, 0.3) is 5.91 Å². The molecule has 0 aromatic heterocycles. The summed E-state index contributed by atoms with van der Waals surface area (Å²) < 4.78 is 12.1. The van der Waals surface area contributed by atoms with Crippen LogP contribution in [0.15, 0.2) is 18.2 Å². The van der Waals surface area contributed by atoms with Crippen molar-refractivity contribution in [2.45, 2.75) is 83.7 Å². The van der Waals surface area contributed by atoms with Crippen LogP contribution in [-0.2, 0) is 4.74 Å². The molecule has 2 fully saturated rings. The van der Waals surface area contributed by atoms with Gasteiger partial charge in [0.2, 0.25) is 0 Å².